The zero-order valence-electron chi connectivity index (χ0n) is 12.2. The molecule has 1 aromatic rings. The zero-order chi connectivity index (χ0) is 16.3. The first-order valence-corrected chi connectivity index (χ1v) is 7.43. The van der Waals surface area contributed by atoms with Crippen molar-refractivity contribution >= 4 is 29.2 Å². The van der Waals surface area contributed by atoms with Crippen LogP contribution >= 0.6 is 11.6 Å². The van der Waals surface area contributed by atoms with Gasteiger partial charge in [0, 0.05) is 18.8 Å². The summed E-state index contributed by atoms with van der Waals surface area (Å²) in [6, 6.07) is 3.95. The largest absolute Gasteiger partial charge is 0.481 e. The second-order valence-electron chi connectivity index (χ2n) is 5.75. The van der Waals surface area contributed by atoms with Gasteiger partial charge in [-0.05, 0) is 30.5 Å². The van der Waals surface area contributed by atoms with Crippen LogP contribution in [0.1, 0.15) is 13.3 Å². The molecule has 2 N–H and O–H groups in total. The normalized spacial score (nSPS) is 22.3. The minimum atomic E-state index is -0.831. The van der Waals surface area contributed by atoms with E-state index in [-0.39, 0.29) is 23.4 Å². The molecule has 7 heteroatoms. The SMILES string of the molecule is CC1CC(C(=O)O)CN(CC(=O)Nc2ccc(F)c(Cl)c2)C1. The maximum Gasteiger partial charge on any atom is 0.307 e. The topological polar surface area (TPSA) is 69.6 Å². The molecular weight excluding hydrogens is 311 g/mol. The van der Waals surface area contributed by atoms with Gasteiger partial charge in [-0.25, -0.2) is 4.39 Å². The molecule has 2 unspecified atom stereocenters. The van der Waals surface area contributed by atoms with Crippen molar-refractivity contribution in [1.82, 2.24) is 4.90 Å². The molecule has 2 atom stereocenters. The third-order valence-electron chi connectivity index (χ3n) is 3.66. The average molecular weight is 329 g/mol. The third kappa shape index (κ3) is 4.42. The van der Waals surface area contributed by atoms with Crippen LogP contribution in [0.15, 0.2) is 18.2 Å². The molecule has 1 aromatic carbocycles. The summed E-state index contributed by atoms with van der Waals surface area (Å²) < 4.78 is 13.1. The first-order chi connectivity index (χ1) is 10.3. The number of carboxylic acids is 1. The van der Waals surface area contributed by atoms with Crippen LogP contribution < -0.4 is 5.32 Å². The summed E-state index contributed by atoms with van der Waals surface area (Å²) in [6.07, 6.45) is 0.626. The minimum absolute atomic E-state index is 0.0599. The number of aliphatic carboxylic acids is 1. The highest BCUT2D eigenvalue weighted by Gasteiger charge is 2.30. The van der Waals surface area contributed by atoms with Crippen molar-refractivity contribution in [2.75, 3.05) is 25.0 Å². The molecular formula is C15H18ClFN2O3. The van der Waals surface area contributed by atoms with Gasteiger partial charge in [0.15, 0.2) is 0 Å². The van der Waals surface area contributed by atoms with E-state index in [1.165, 1.54) is 18.2 Å². The van der Waals surface area contributed by atoms with E-state index in [2.05, 4.69) is 5.32 Å². The van der Waals surface area contributed by atoms with E-state index >= 15 is 0 Å². The van der Waals surface area contributed by atoms with Gasteiger partial charge in [-0.3, -0.25) is 14.5 Å². The Kier molecular flexibility index (Phi) is 5.37. The molecule has 1 fully saturated rings. The van der Waals surface area contributed by atoms with E-state index < -0.39 is 17.7 Å². The Morgan fingerprint density at radius 1 is 1.45 bits per heavy atom. The van der Waals surface area contributed by atoms with Crippen LogP contribution in [-0.2, 0) is 9.59 Å². The molecule has 2 rings (SSSR count). The minimum Gasteiger partial charge on any atom is -0.481 e. The van der Waals surface area contributed by atoms with Crippen LogP contribution in [-0.4, -0.2) is 41.5 Å². The molecule has 1 aliphatic rings. The number of carbonyl (C=O) groups is 2. The standard InChI is InChI=1S/C15H18ClFN2O3/c1-9-4-10(15(21)22)7-19(6-9)8-14(20)18-11-2-3-13(17)12(16)5-11/h2-3,5,9-10H,4,6-8H2,1H3,(H,18,20)(H,21,22). The highest BCUT2D eigenvalue weighted by molar-refractivity contribution is 6.31. The molecule has 1 saturated heterocycles. The molecule has 0 aromatic heterocycles. The van der Waals surface area contributed by atoms with Crippen molar-refractivity contribution in [3.05, 3.63) is 29.0 Å². The number of benzene rings is 1. The lowest BCUT2D eigenvalue weighted by molar-refractivity contribution is -0.144. The van der Waals surface area contributed by atoms with Gasteiger partial charge < -0.3 is 10.4 Å². The van der Waals surface area contributed by atoms with Gasteiger partial charge in [-0.2, -0.15) is 0 Å². The van der Waals surface area contributed by atoms with E-state index in [1.54, 1.807) is 0 Å². The van der Waals surface area contributed by atoms with Crippen LogP contribution in [0.4, 0.5) is 10.1 Å². The van der Waals surface area contributed by atoms with Gasteiger partial charge in [0.2, 0.25) is 5.91 Å². The highest BCUT2D eigenvalue weighted by atomic mass is 35.5. The lowest BCUT2D eigenvalue weighted by Gasteiger charge is -2.34. The Morgan fingerprint density at radius 2 is 2.18 bits per heavy atom. The van der Waals surface area contributed by atoms with E-state index in [1.807, 2.05) is 11.8 Å². The molecule has 0 spiro atoms. The lowest BCUT2D eigenvalue weighted by atomic mass is 9.90. The summed E-state index contributed by atoms with van der Waals surface area (Å²) in [5, 5.41) is 11.7. The predicted molar refractivity (Wildman–Crippen MR) is 81.4 cm³/mol. The quantitative estimate of drug-likeness (QED) is 0.890. The smallest absolute Gasteiger partial charge is 0.307 e. The molecule has 5 nitrogen and oxygen atoms in total. The van der Waals surface area contributed by atoms with Gasteiger partial charge in [-0.1, -0.05) is 18.5 Å². The third-order valence-corrected chi connectivity index (χ3v) is 3.94. The summed E-state index contributed by atoms with van der Waals surface area (Å²) >= 11 is 5.66. The van der Waals surface area contributed by atoms with Gasteiger partial charge >= 0.3 is 5.97 Å². The number of hydrogen-bond acceptors (Lipinski definition) is 3. The second kappa shape index (κ2) is 7.07. The second-order valence-corrected chi connectivity index (χ2v) is 6.15. The number of amides is 1. The van der Waals surface area contributed by atoms with Gasteiger partial charge in [0.1, 0.15) is 5.82 Å². The molecule has 22 heavy (non-hydrogen) atoms. The summed E-state index contributed by atoms with van der Waals surface area (Å²) in [5.41, 5.74) is 0.413. The number of hydrogen-bond donors (Lipinski definition) is 2. The Bertz CT molecular complexity index is 582. The van der Waals surface area contributed by atoms with Crippen molar-refractivity contribution in [1.29, 1.82) is 0 Å². The summed E-state index contributed by atoms with van der Waals surface area (Å²) in [7, 11) is 0. The first kappa shape index (κ1) is 16.7. The molecule has 0 radical (unpaired) electrons. The molecule has 1 amide bonds. The molecule has 1 heterocycles. The number of piperidine rings is 1. The van der Waals surface area contributed by atoms with Gasteiger partial charge in [-0.15, -0.1) is 0 Å². The number of nitrogens with zero attached hydrogens (tertiary/aromatic N) is 1. The zero-order valence-corrected chi connectivity index (χ0v) is 12.9. The molecule has 0 aliphatic carbocycles. The summed E-state index contributed by atoms with van der Waals surface area (Å²) in [4.78, 5) is 25.0. The maximum atomic E-state index is 13.1. The monoisotopic (exact) mass is 328 g/mol. The van der Waals surface area contributed by atoms with Crippen molar-refractivity contribution in [2.45, 2.75) is 13.3 Å². The maximum absolute atomic E-state index is 13.1. The Hall–Kier alpha value is -1.66. The lowest BCUT2D eigenvalue weighted by Crippen LogP contribution is -2.45. The van der Waals surface area contributed by atoms with Crippen LogP contribution in [0.25, 0.3) is 0 Å². The number of rotatable bonds is 4. The fraction of sp³-hybridized carbons (Fsp3) is 0.467. The summed E-state index contributed by atoms with van der Waals surface area (Å²) in [5.74, 6) is -1.88. The Labute approximate surface area is 133 Å². The van der Waals surface area contributed by atoms with E-state index in [4.69, 9.17) is 16.7 Å². The highest BCUT2D eigenvalue weighted by Crippen LogP contribution is 2.22. The van der Waals surface area contributed by atoms with E-state index in [9.17, 15) is 14.0 Å². The number of likely N-dealkylation sites (tertiary alicyclic amines) is 1. The number of halogens is 2. The van der Waals surface area contributed by atoms with Gasteiger partial charge in [0.25, 0.3) is 0 Å². The number of carboxylic acid groups (broad SMARTS) is 1. The average Bonchev–Trinajstić information content (AvgIpc) is 2.42. The fourth-order valence-electron chi connectivity index (χ4n) is 2.75. The van der Waals surface area contributed by atoms with E-state index in [0.29, 0.717) is 25.2 Å². The van der Waals surface area contributed by atoms with Crippen LogP contribution in [0.5, 0.6) is 0 Å². The van der Waals surface area contributed by atoms with Crippen molar-refractivity contribution < 1.29 is 19.1 Å². The number of nitrogens with one attached hydrogen (secondary N) is 1. The molecule has 120 valence electrons. The molecule has 0 bridgehead atoms. The van der Waals surface area contributed by atoms with Crippen molar-refractivity contribution in [3.8, 4) is 0 Å². The summed E-state index contributed by atoms with van der Waals surface area (Å²) in [6.45, 7) is 3.11. The number of carbonyl (C=O) groups excluding carboxylic acids is 1. The fourth-order valence-corrected chi connectivity index (χ4v) is 2.93. The van der Waals surface area contributed by atoms with Crippen LogP contribution in [0.3, 0.4) is 0 Å². The van der Waals surface area contributed by atoms with E-state index in [0.717, 1.165) is 0 Å². The van der Waals surface area contributed by atoms with Crippen LogP contribution in [0, 0.1) is 17.7 Å². The van der Waals surface area contributed by atoms with Crippen molar-refractivity contribution in [2.24, 2.45) is 11.8 Å². The molecule has 0 saturated carbocycles. The van der Waals surface area contributed by atoms with Gasteiger partial charge in [0.05, 0.1) is 17.5 Å². The number of anilines is 1. The Morgan fingerprint density at radius 3 is 2.82 bits per heavy atom. The predicted octanol–water partition coefficient (Wildman–Crippen LogP) is 2.46. The first-order valence-electron chi connectivity index (χ1n) is 7.05. The van der Waals surface area contributed by atoms with Crippen molar-refractivity contribution in [3.63, 3.8) is 0 Å². The van der Waals surface area contributed by atoms with Crippen LogP contribution in [0.2, 0.25) is 5.02 Å². The molecule has 1 aliphatic heterocycles. The Balaban J connectivity index is 1.93.